The summed E-state index contributed by atoms with van der Waals surface area (Å²) in [7, 11) is 1.94. The van der Waals surface area contributed by atoms with Crippen molar-refractivity contribution in [2.24, 2.45) is 5.73 Å². The average molecular weight is 283 g/mol. The fourth-order valence-electron chi connectivity index (χ4n) is 2.05. The summed E-state index contributed by atoms with van der Waals surface area (Å²) in [5, 5.41) is 0.113. The molecule has 0 amide bonds. The summed E-state index contributed by atoms with van der Waals surface area (Å²) >= 11 is 5.81. The molecule has 1 aromatic heterocycles. The van der Waals surface area contributed by atoms with E-state index in [1.807, 2.05) is 24.1 Å². The van der Waals surface area contributed by atoms with Crippen LogP contribution in [0, 0.1) is 5.82 Å². The van der Waals surface area contributed by atoms with Crippen LogP contribution in [0.15, 0.2) is 41.0 Å². The highest BCUT2D eigenvalue weighted by Gasteiger charge is 2.17. The van der Waals surface area contributed by atoms with E-state index in [1.54, 1.807) is 18.4 Å². The lowest BCUT2D eigenvalue weighted by molar-refractivity contribution is 0.223. The summed E-state index contributed by atoms with van der Waals surface area (Å²) in [4.78, 5) is 2.04. The van der Waals surface area contributed by atoms with Gasteiger partial charge in [0.15, 0.2) is 0 Å². The molecule has 0 fully saturated rings. The topological polar surface area (TPSA) is 42.4 Å². The van der Waals surface area contributed by atoms with Crippen molar-refractivity contribution in [2.75, 3.05) is 13.6 Å². The molecule has 5 heteroatoms. The van der Waals surface area contributed by atoms with Crippen LogP contribution in [0.2, 0.25) is 5.02 Å². The van der Waals surface area contributed by atoms with Crippen LogP contribution < -0.4 is 5.73 Å². The standard InChI is InChI=1S/C14H16ClFN2O/c1-18(9-11-3-2-6-19-11)14(8-17)10-4-5-13(16)12(15)7-10/h2-7,14H,8-9,17H2,1H3. The zero-order chi connectivity index (χ0) is 13.8. The van der Waals surface area contributed by atoms with Crippen LogP contribution in [0.25, 0.3) is 0 Å². The number of furan rings is 1. The van der Waals surface area contributed by atoms with Crippen molar-refractivity contribution in [2.45, 2.75) is 12.6 Å². The maximum Gasteiger partial charge on any atom is 0.141 e. The highest BCUT2D eigenvalue weighted by atomic mass is 35.5. The van der Waals surface area contributed by atoms with Gasteiger partial charge in [-0.1, -0.05) is 17.7 Å². The molecule has 0 saturated heterocycles. The minimum atomic E-state index is -0.421. The first-order valence-electron chi connectivity index (χ1n) is 5.99. The lowest BCUT2D eigenvalue weighted by atomic mass is 10.1. The molecular formula is C14H16ClFN2O. The van der Waals surface area contributed by atoms with Crippen LogP contribution in [0.5, 0.6) is 0 Å². The molecule has 0 aliphatic carbocycles. The van der Waals surface area contributed by atoms with Gasteiger partial charge in [0.05, 0.1) is 17.8 Å². The van der Waals surface area contributed by atoms with Crippen molar-refractivity contribution >= 4 is 11.6 Å². The third kappa shape index (κ3) is 3.35. The van der Waals surface area contributed by atoms with Gasteiger partial charge in [0.25, 0.3) is 0 Å². The largest absolute Gasteiger partial charge is 0.468 e. The second-order valence-corrected chi connectivity index (χ2v) is 4.83. The molecular weight excluding hydrogens is 267 g/mol. The summed E-state index contributed by atoms with van der Waals surface area (Å²) in [5.74, 6) is 0.434. The SMILES string of the molecule is CN(Cc1ccco1)C(CN)c1ccc(F)c(Cl)c1. The van der Waals surface area contributed by atoms with Crippen LogP contribution >= 0.6 is 11.6 Å². The Morgan fingerprint density at radius 1 is 1.42 bits per heavy atom. The van der Waals surface area contributed by atoms with Crippen molar-refractivity contribution in [3.63, 3.8) is 0 Å². The molecule has 1 unspecified atom stereocenters. The quantitative estimate of drug-likeness (QED) is 0.916. The molecule has 1 heterocycles. The zero-order valence-corrected chi connectivity index (χ0v) is 11.4. The third-order valence-electron chi connectivity index (χ3n) is 3.07. The van der Waals surface area contributed by atoms with Crippen LogP contribution in [-0.4, -0.2) is 18.5 Å². The number of hydrogen-bond acceptors (Lipinski definition) is 3. The summed E-state index contributed by atoms with van der Waals surface area (Å²) in [5.41, 5.74) is 6.71. The Kier molecular flexibility index (Phi) is 4.58. The number of halogens is 2. The molecule has 2 N–H and O–H groups in total. The van der Waals surface area contributed by atoms with Gasteiger partial charge in [0, 0.05) is 12.6 Å². The van der Waals surface area contributed by atoms with Crippen LogP contribution in [-0.2, 0) is 6.54 Å². The minimum Gasteiger partial charge on any atom is -0.468 e. The lowest BCUT2D eigenvalue weighted by Crippen LogP contribution is -2.30. The highest BCUT2D eigenvalue weighted by molar-refractivity contribution is 6.30. The van der Waals surface area contributed by atoms with E-state index in [9.17, 15) is 4.39 Å². The van der Waals surface area contributed by atoms with Gasteiger partial charge in [0.2, 0.25) is 0 Å². The number of benzene rings is 1. The second kappa shape index (κ2) is 6.19. The second-order valence-electron chi connectivity index (χ2n) is 4.42. The fraction of sp³-hybridized carbons (Fsp3) is 0.286. The average Bonchev–Trinajstić information content (AvgIpc) is 2.87. The minimum absolute atomic E-state index is 0.0387. The molecule has 19 heavy (non-hydrogen) atoms. The molecule has 0 saturated carbocycles. The molecule has 102 valence electrons. The summed E-state index contributed by atoms with van der Waals surface area (Å²) < 4.78 is 18.5. The molecule has 0 radical (unpaired) electrons. The van der Waals surface area contributed by atoms with Crippen molar-refractivity contribution in [3.05, 3.63) is 58.8 Å². The Morgan fingerprint density at radius 3 is 2.79 bits per heavy atom. The molecule has 0 spiro atoms. The third-order valence-corrected chi connectivity index (χ3v) is 3.36. The van der Waals surface area contributed by atoms with Crippen LogP contribution in [0.4, 0.5) is 4.39 Å². The van der Waals surface area contributed by atoms with E-state index >= 15 is 0 Å². The van der Waals surface area contributed by atoms with Gasteiger partial charge in [-0.2, -0.15) is 0 Å². The Hall–Kier alpha value is -1.36. The molecule has 0 aliphatic heterocycles. The van der Waals surface area contributed by atoms with E-state index in [1.165, 1.54) is 6.07 Å². The predicted molar refractivity (Wildman–Crippen MR) is 73.4 cm³/mol. The number of hydrogen-bond donors (Lipinski definition) is 1. The van der Waals surface area contributed by atoms with Crippen molar-refractivity contribution in [1.82, 2.24) is 4.90 Å². The van der Waals surface area contributed by atoms with Crippen molar-refractivity contribution in [1.29, 1.82) is 0 Å². The molecule has 0 aliphatic rings. The van der Waals surface area contributed by atoms with Gasteiger partial charge in [-0.05, 0) is 36.9 Å². The van der Waals surface area contributed by atoms with E-state index in [4.69, 9.17) is 21.8 Å². The zero-order valence-electron chi connectivity index (χ0n) is 10.6. The highest BCUT2D eigenvalue weighted by Crippen LogP contribution is 2.24. The normalized spacial score (nSPS) is 12.9. The number of rotatable bonds is 5. The predicted octanol–water partition coefficient (Wildman–Crippen LogP) is 3.20. The summed E-state index contributed by atoms with van der Waals surface area (Å²) in [6.45, 7) is 1.04. The van der Waals surface area contributed by atoms with Gasteiger partial charge in [-0.25, -0.2) is 4.39 Å². The van der Waals surface area contributed by atoms with Gasteiger partial charge < -0.3 is 10.2 Å². The first kappa shape index (κ1) is 14.1. The molecule has 3 nitrogen and oxygen atoms in total. The van der Waals surface area contributed by atoms with E-state index in [0.29, 0.717) is 13.1 Å². The maximum absolute atomic E-state index is 13.2. The van der Waals surface area contributed by atoms with E-state index in [0.717, 1.165) is 11.3 Å². The summed E-state index contributed by atoms with van der Waals surface area (Å²) in [6.07, 6.45) is 1.63. The van der Waals surface area contributed by atoms with Gasteiger partial charge in [0.1, 0.15) is 11.6 Å². The monoisotopic (exact) mass is 282 g/mol. The first-order valence-corrected chi connectivity index (χ1v) is 6.37. The smallest absolute Gasteiger partial charge is 0.141 e. The molecule has 0 bridgehead atoms. The van der Waals surface area contributed by atoms with Gasteiger partial charge >= 0.3 is 0 Å². The molecule has 2 rings (SSSR count). The Morgan fingerprint density at radius 2 is 2.21 bits per heavy atom. The molecule has 2 aromatic rings. The van der Waals surface area contributed by atoms with Crippen molar-refractivity contribution < 1.29 is 8.81 Å². The number of nitrogens with two attached hydrogens (primary N) is 1. The van der Waals surface area contributed by atoms with Crippen molar-refractivity contribution in [3.8, 4) is 0 Å². The van der Waals surface area contributed by atoms with E-state index in [-0.39, 0.29) is 11.1 Å². The van der Waals surface area contributed by atoms with E-state index < -0.39 is 5.82 Å². The van der Waals surface area contributed by atoms with Gasteiger partial charge in [-0.15, -0.1) is 0 Å². The summed E-state index contributed by atoms with van der Waals surface area (Å²) in [6, 6.07) is 8.39. The molecule has 1 atom stereocenters. The Balaban J connectivity index is 2.16. The Labute approximate surface area is 116 Å². The lowest BCUT2D eigenvalue weighted by Gasteiger charge is -2.26. The Bertz CT molecular complexity index is 530. The van der Waals surface area contributed by atoms with Gasteiger partial charge in [-0.3, -0.25) is 4.90 Å². The maximum atomic E-state index is 13.2. The number of likely N-dealkylation sites (N-methyl/N-ethyl adjacent to an activating group) is 1. The number of nitrogens with zero attached hydrogens (tertiary/aromatic N) is 1. The van der Waals surface area contributed by atoms with Crippen LogP contribution in [0.3, 0.4) is 0 Å². The van der Waals surface area contributed by atoms with Crippen LogP contribution in [0.1, 0.15) is 17.4 Å². The first-order chi connectivity index (χ1) is 9.11. The fourth-order valence-corrected chi connectivity index (χ4v) is 2.24. The van der Waals surface area contributed by atoms with E-state index in [2.05, 4.69) is 0 Å². The molecule has 1 aromatic carbocycles.